The first-order valence-corrected chi connectivity index (χ1v) is 11.0. The fourth-order valence-electron chi connectivity index (χ4n) is 4.34. The number of aromatic nitrogens is 3. The van der Waals surface area contributed by atoms with E-state index in [0.717, 1.165) is 56.6 Å². The van der Waals surface area contributed by atoms with E-state index in [4.69, 9.17) is 4.98 Å². The minimum absolute atomic E-state index is 0.0641. The van der Waals surface area contributed by atoms with Crippen LogP contribution >= 0.6 is 0 Å². The SMILES string of the molecule is Cc1ncc([C@H](CC(=O)O)NC(=O)C2CC(CCc3ccc4c(n3)NCCC4)C2)cn1. The van der Waals surface area contributed by atoms with Crippen molar-refractivity contribution in [2.24, 2.45) is 11.8 Å². The van der Waals surface area contributed by atoms with E-state index in [1.807, 2.05) is 0 Å². The molecule has 8 nitrogen and oxygen atoms in total. The average molecular weight is 424 g/mol. The highest BCUT2D eigenvalue weighted by Gasteiger charge is 2.35. The van der Waals surface area contributed by atoms with Crippen LogP contribution in [0.4, 0.5) is 5.82 Å². The molecule has 1 amide bonds. The standard InChI is InChI=1S/C23H29N5O3/c1-14-25-12-18(13-26-14)20(11-21(29)30)28-23(31)17-9-15(10-17)4-6-19-7-5-16-3-2-8-24-22(16)27-19/h5,7,12-13,15,17,20H,2-4,6,8-11H2,1H3,(H,24,27)(H,28,31)(H,29,30)/t15?,17?,20-/m0/s1. The summed E-state index contributed by atoms with van der Waals surface area (Å²) in [6.45, 7) is 2.75. The predicted molar refractivity (Wildman–Crippen MR) is 115 cm³/mol. The Balaban J connectivity index is 1.26. The van der Waals surface area contributed by atoms with E-state index >= 15 is 0 Å². The summed E-state index contributed by atoms with van der Waals surface area (Å²) in [5.74, 6) is 1.02. The predicted octanol–water partition coefficient (Wildman–Crippen LogP) is 2.83. The lowest BCUT2D eigenvalue weighted by atomic mass is 9.72. The number of carboxylic acids is 1. The largest absolute Gasteiger partial charge is 0.481 e. The second-order valence-electron chi connectivity index (χ2n) is 8.64. The number of fused-ring (bicyclic) bond motifs is 1. The maximum Gasteiger partial charge on any atom is 0.305 e. The van der Waals surface area contributed by atoms with E-state index in [9.17, 15) is 14.7 Å². The lowest BCUT2D eigenvalue weighted by Gasteiger charge is -2.35. The number of rotatable bonds is 8. The molecule has 164 valence electrons. The molecule has 8 heteroatoms. The van der Waals surface area contributed by atoms with Crippen molar-refractivity contribution in [2.75, 3.05) is 11.9 Å². The van der Waals surface area contributed by atoms with E-state index in [1.165, 1.54) is 5.56 Å². The fourth-order valence-corrected chi connectivity index (χ4v) is 4.34. The highest BCUT2D eigenvalue weighted by molar-refractivity contribution is 5.80. The number of nitrogens with one attached hydrogen (secondary N) is 2. The van der Waals surface area contributed by atoms with Crippen molar-refractivity contribution >= 4 is 17.7 Å². The summed E-state index contributed by atoms with van der Waals surface area (Å²) >= 11 is 0. The molecule has 4 rings (SSSR count). The van der Waals surface area contributed by atoms with Crippen LogP contribution in [0.1, 0.15) is 60.8 Å². The van der Waals surface area contributed by atoms with E-state index < -0.39 is 12.0 Å². The van der Waals surface area contributed by atoms with Crippen LogP contribution in [0.25, 0.3) is 0 Å². The van der Waals surface area contributed by atoms with Crippen LogP contribution in [0.2, 0.25) is 0 Å². The van der Waals surface area contributed by atoms with Gasteiger partial charge in [0.1, 0.15) is 11.6 Å². The first kappa shape index (κ1) is 21.2. The lowest BCUT2D eigenvalue weighted by molar-refractivity contribution is -0.138. The number of carbonyl (C=O) groups excluding carboxylic acids is 1. The van der Waals surface area contributed by atoms with Crippen molar-refractivity contribution in [1.82, 2.24) is 20.3 Å². The van der Waals surface area contributed by atoms with Crippen molar-refractivity contribution in [2.45, 2.75) is 57.9 Å². The molecule has 2 aromatic rings. The second-order valence-corrected chi connectivity index (χ2v) is 8.64. The van der Waals surface area contributed by atoms with Gasteiger partial charge < -0.3 is 15.7 Å². The highest BCUT2D eigenvalue weighted by Crippen LogP contribution is 2.37. The molecule has 0 bridgehead atoms. The van der Waals surface area contributed by atoms with Gasteiger partial charge in [0, 0.05) is 36.1 Å². The van der Waals surface area contributed by atoms with Crippen LogP contribution in [0.5, 0.6) is 0 Å². The molecule has 1 atom stereocenters. The van der Waals surface area contributed by atoms with Crippen molar-refractivity contribution in [1.29, 1.82) is 0 Å². The minimum atomic E-state index is -0.968. The smallest absolute Gasteiger partial charge is 0.305 e. The molecule has 0 spiro atoms. The normalized spacial score (nSPS) is 20.7. The summed E-state index contributed by atoms with van der Waals surface area (Å²) in [7, 11) is 0. The van der Waals surface area contributed by atoms with Crippen LogP contribution in [0.15, 0.2) is 24.5 Å². The maximum absolute atomic E-state index is 12.7. The molecular weight excluding hydrogens is 394 g/mol. The Morgan fingerprint density at radius 2 is 2.03 bits per heavy atom. The quantitative estimate of drug-likeness (QED) is 0.598. The topological polar surface area (TPSA) is 117 Å². The van der Waals surface area contributed by atoms with Crippen LogP contribution in [-0.4, -0.2) is 38.5 Å². The zero-order valence-corrected chi connectivity index (χ0v) is 17.8. The number of carbonyl (C=O) groups is 2. The van der Waals surface area contributed by atoms with Gasteiger partial charge in [0.05, 0.1) is 12.5 Å². The Morgan fingerprint density at radius 1 is 1.26 bits per heavy atom. The summed E-state index contributed by atoms with van der Waals surface area (Å²) < 4.78 is 0. The number of aliphatic carboxylic acids is 1. The number of hydrogen-bond acceptors (Lipinski definition) is 6. The summed E-state index contributed by atoms with van der Waals surface area (Å²) in [4.78, 5) is 36.9. The molecule has 3 heterocycles. The van der Waals surface area contributed by atoms with Crippen molar-refractivity contribution < 1.29 is 14.7 Å². The summed E-state index contributed by atoms with van der Waals surface area (Å²) in [5.41, 5.74) is 3.01. The Kier molecular flexibility index (Phi) is 6.44. The van der Waals surface area contributed by atoms with E-state index in [1.54, 1.807) is 19.3 Å². The average Bonchev–Trinajstić information content (AvgIpc) is 2.72. The maximum atomic E-state index is 12.7. The zero-order chi connectivity index (χ0) is 21.8. The molecule has 2 aliphatic rings. The summed E-state index contributed by atoms with van der Waals surface area (Å²) in [6.07, 6.45) is 8.82. The third kappa shape index (κ3) is 5.37. The van der Waals surface area contributed by atoms with Gasteiger partial charge in [0.25, 0.3) is 0 Å². The van der Waals surface area contributed by atoms with Gasteiger partial charge in [-0.05, 0) is 63.0 Å². The summed E-state index contributed by atoms with van der Waals surface area (Å²) in [6, 6.07) is 3.68. The second kappa shape index (κ2) is 9.41. The third-order valence-corrected chi connectivity index (χ3v) is 6.27. The number of carboxylic acid groups (broad SMARTS) is 1. The molecule has 0 aromatic carbocycles. The Labute approximate surface area is 181 Å². The van der Waals surface area contributed by atoms with Crippen molar-refractivity contribution in [3.8, 4) is 0 Å². The first-order valence-electron chi connectivity index (χ1n) is 11.0. The van der Waals surface area contributed by atoms with Gasteiger partial charge in [-0.1, -0.05) is 6.07 Å². The Morgan fingerprint density at radius 3 is 2.77 bits per heavy atom. The van der Waals surface area contributed by atoms with Gasteiger partial charge in [0.15, 0.2) is 0 Å². The Hall–Kier alpha value is -3.03. The van der Waals surface area contributed by atoms with Crippen molar-refractivity contribution in [3.63, 3.8) is 0 Å². The zero-order valence-electron chi connectivity index (χ0n) is 17.8. The van der Waals surface area contributed by atoms with Crippen LogP contribution in [0.3, 0.4) is 0 Å². The van der Waals surface area contributed by atoms with Gasteiger partial charge in [-0.2, -0.15) is 0 Å². The van der Waals surface area contributed by atoms with Crippen LogP contribution < -0.4 is 10.6 Å². The first-order chi connectivity index (χ1) is 15.0. The van der Waals surface area contributed by atoms with E-state index in [2.05, 4.69) is 32.7 Å². The van der Waals surface area contributed by atoms with Gasteiger partial charge in [-0.25, -0.2) is 15.0 Å². The fraction of sp³-hybridized carbons (Fsp3) is 0.522. The molecule has 31 heavy (non-hydrogen) atoms. The number of pyridine rings is 1. The third-order valence-electron chi connectivity index (χ3n) is 6.27. The van der Waals surface area contributed by atoms with Gasteiger partial charge in [-0.3, -0.25) is 9.59 Å². The van der Waals surface area contributed by atoms with Crippen LogP contribution in [0, 0.1) is 18.8 Å². The highest BCUT2D eigenvalue weighted by atomic mass is 16.4. The van der Waals surface area contributed by atoms with Gasteiger partial charge in [0.2, 0.25) is 5.91 Å². The molecule has 1 fully saturated rings. The summed E-state index contributed by atoms with van der Waals surface area (Å²) in [5, 5.41) is 15.5. The molecule has 1 saturated carbocycles. The van der Waals surface area contributed by atoms with Gasteiger partial charge in [-0.15, -0.1) is 0 Å². The number of anilines is 1. The molecule has 2 aromatic heterocycles. The minimum Gasteiger partial charge on any atom is -0.481 e. The molecule has 3 N–H and O–H groups in total. The van der Waals surface area contributed by atoms with Gasteiger partial charge >= 0.3 is 5.97 Å². The van der Waals surface area contributed by atoms with Crippen molar-refractivity contribution in [3.05, 3.63) is 47.2 Å². The van der Waals surface area contributed by atoms with E-state index in [0.29, 0.717) is 17.3 Å². The number of aryl methyl sites for hydroxylation is 3. The lowest BCUT2D eigenvalue weighted by Crippen LogP contribution is -2.41. The Bertz CT molecular complexity index is 941. The molecule has 0 unspecified atom stereocenters. The van der Waals surface area contributed by atoms with Crippen LogP contribution in [-0.2, 0) is 22.4 Å². The number of hydrogen-bond donors (Lipinski definition) is 3. The van der Waals surface area contributed by atoms with E-state index in [-0.39, 0.29) is 18.2 Å². The molecule has 0 saturated heterocycles. The monoisotopic (exact) mass is 423 g/mol. The number of nitrogens with zero attached hydrogens (tertiary/aromatic N) is 3. The molecule has 0 radical (unpaired) electrons. The molecule has 1 aliphatic heterocycles. The molecule has 1 aliphatic carbocycles. The molecular formula is C23H29N5O3. The number of amides is 1.